The zero-order chi connectivity index (χ0) is 14.5. The molecular formula is C14H27F3N2. The van der Waals surface area contributed by atoms with E-state index in [0.717, 1.165) is 25.7 Å². The van der Waals surface area contributed by atoms with Crippen LogP contribution in [0.2, 0.25) is 0 Å². The third kappa shape index (κ3) is 5.69. The number of alkyl halides is 3. The second-order valence-corrected chi connectivity index (χ2v) is 6.23. The Morgan fingerprint density at radius 3 is 2.00 bits per heavy atom. The zero-order valence-electron chi connectivity index (χ0n) is 12.1. The molecule has 0 atom stereocenters. The Morgan fingerprint density at radius 1 is 1.11 bits per heavy atom. The molecule has 1 saturated carbocycles. The second kappa shape index (κ2) is 6.93. The molecule has 0 radical (unpaired) electrons. The van der Waals surface area contributed by atoms with E-state index in [0.29, 0.717) is 13.1 Å². The molecule has 0 bridgehead atoms. The molecule has 0 aromatic heterocycles. The molecule has 0 heterocycles. The molecular weight excluding hydrogens is 253 g/mol. The van der Waals surface area contributed by atoms with Gasteiger partial charge in [-0.2, -0.15) is 13.2 Å². The number of rotatable bonds is 5. The standard InChI is InChI=1S/C14H27F3N2/c1-12(2)19(11-14(15,16)17)10-13(9-18)7-5-3-4-6-8-13/h12H,3-11,18H2,1-2H3. The quantitative estimate of drug-likeness (QED) is 0.780. The van der Waals surface area contributed by atoms with E-state index in [9.17, 15) is 13.2 Å². The first-order chi connectivity index (χ1) is 8.78. The van der Waals surface area contributed by atoms with Gasteiger partial charge in [0, 0.05) is 12.6 Å². The highest BCUT2D eigenvalue weighted by Gasteiger charge is 2.37. The molecule has 1 aliphatic carbocycles. The largest absolute Gasteiger partial charge is 0.401 e. The maximum absolute atomic E-state index is 12.7. The normalized spacial score (nSPS) is 20.8. The van der Waals surface area contributed by atoms with Crippen molar-refractivity contribution in [2.45, 2.75) is 64.6 Å². The minimum absolute atomic E-state index is 0.103. The third-order valence-electron chi connectivity index (χ3n) is 4.25. The summed E-state index contributed by atoms with van der Waals surface area (Å²) in [6.07, 6.45) is 2.34. The predicted molar refractivity (Wildman–Crippen MR) is 72.0 cm³/mol. The summed E-state index contributed by atoms with van der Waals surface area (Å²) in [5, 5.41) is 0. The Bertz CT molecular complexity index is 256. The number of nitrogens with two attached hydrogens (primary N) is 1. The molecule has 0 aliphatic heterocycles. The third-order valence-corrected chi connectivity index (χ3v) is 4.25. The van der Waals surface area contributed by atoms with Gasteiger partial charge in [-0.05, 0) is 38.6 Å². The maximum atomic E-state index is 12.7. The first-order valence-electron chi connectivity index (χ1n) is 7.29. The highest BCUT2D eigenvalue weighted by molar-refractivity contribution is 4.87. The van der Waals surface area contributed by atoms with Crippen molar-refractivity contribution < 1.29 is 13.2 Å². The van der Waals surface area contributed by atoms with Gasteiger partial charge >= 0.3 is 6.18 Å². The average molecular weight is 280 g/mol. The number of hydrogen-bond donors (Lipinski definition) is 1. The summed E-state index contributed by atoms with van der Waals surface area (Å²) in [4.78, 5) is 1.54. The van der Waals surface area contributed by atoms with Crippen molar-refractivity contribution in [1.29, 1.82) is 0 Å². The summed E-state index contributed by atoms with van der Waals surface area (Å²) in [6.45, 7) is 3.79. The van der Waals surface area contributed by atoms with E-state index in [-0.39, 0.29) is 11.5 Å². The van der Waals surface area contributed by atoms with Gasteiger partial charge < -0.3 is 5.73 Å². The van der Waals surface area contributed by atoms with Crippen LogP contribution < -0.4 is 5.73 Å². The Balaban J connectivity index is 2.73. The molecule has 0 aromatic carbocycles. The summed E-state index contributed by atoms with van der Waals surface area (Å²) in [7, 11) is 0. The Labute approximate surface area is 114 Å². The van der Waals surface area contributed by atoms with E-state index in [4.69, 9.17) is 5.73 Å². The Kier molecular flexibility index (Phi) is 6.12. The molecule has 1 rings (SSSR count). The maximum Gasteiger partial charge on any atom is 0.401 e. The van der Waals surface area contributed by atoms with Crippen LogP contribution in [0.4, 0.5) is 13.2 Å². The molecule has 1 aliphatic rings. The Hall–Kier alpha value is -0.290. The van der Waals surface area contributed by atoms with Crippen molar-refractivity contribution in [1.82, 2.24) is 4.90 Å². The fraction of sp³-hybridized carbons (Fsp3) is 1.00. The summed E-state index contributed by atoms with van der Waals surface area (Å²) in [5.41, 5.74) is 5.79. The molecule has 0 unspecified atom stereocenters. The van der Waals surface area contributed by atoms with E-state index in [2.05, 4.69) is 0 Å². The van der Waals surface area contributed by atoms with Crippen LogP contribution in [0.15, 0.2) is 0 Å². The highest BCUT2D eigenvalue weighted by Crippen LogP contribution is 2.36. The van der Waals surface area contributed by atoms with Gasteiger partial charge in [-0.25, -0.2) is 0 Å². The van der Waals surface area contributed by atoms with Gasteiger partial charge in [0.05, 0.1) is 6.54 Å². The van der Waals surface area contributed by atoms with Gasteiger partial charge in [-0.1, -0.05) is 25.7 Å². The predicted octanol–water partition coefficient (Wildman–Crippen LogP) is 3.56. The summed E-state index contributed by atoms with van der Waals surface area (Å²) >= 11 is 0. The van der Waals surface area contributed by atoms with Crippen molar-refractivity contribution in [2.75, 3.05) is 19.6 Å². The lowest BCUT2D eigenvalue weighted by Crippen LogP contribution is -2.48. The fourth-order valence-electron chi connectivity index (χ4n) is 2.99. The fourth-order valence-corrected chi connectivity index (χ4v) is 2.99. The van der Waals surface area contributed by atoms with Crippen molar-refractivity contribution in [3.8, 4) is 0 Å². The van der Waals surface area contributed by atoms with Crippen molar-refractivity contribution in [2.24, 2.45) is 11.1 Å². The second-order valence-electron chi connectivity index (χ2n) is 6.23. The molecule has 1 fully saturated rings. The van der Waals surface area contributed by atoms with Crippen molar-refractivity contribution >= 4 is 0 Å². The molecule has 0 aromatic rings. The topological polar surface area (TPSA) is 29.3 Å². The van der Waals surface area contributed by atoms with Gasteiger partial charge in [-0.3, -0.25) is 4.90 Å². The lowest BCUT2D eigenvalue weighted by molar-refractivity contribution is -0.153. The molecule has 2 N–H and O–H groups in total. The van der Waals surface area contributed by atoms with E-state index in [1.165, 1.54) is 17.7 Å². The highest BCUT2D eigenvalue weighted by atomic mass is 19.4. The molecule has 5 heteroatoms. The van der Waals surface area contributed by atoms with E-state index < -0.39 is 12.7 Å². The minimum Gasteiger partial charge on any atom is -0.330 e. The van der Waals surface area contributed by atoms with Gasteiger partial charge in [0.15, 0.2) is 0 Å². The monoisotopic (exact) mass is 280 g/mol. The van der Waals surface area contributed by atoms with Crippen LogP contribution >= 0.6 is 0 Å². The molecule has 0 saturated heterocycles. The summed E-state index contributed by atoms with van der Waals surface area (Å²) in [6, 6.07) is -0.103. The molecule has 114 valence electrons. The number of halogens is 3. The van der Waals surface area contributed by atoms with Gasteiger partial charge in [0.1, 0.15) is 0 Å². The average Bonchev–Trinajstić information content (AvgIpc) is 2.52. The summed E-state index contributed by atoms with van der Waals surface area (Å²) < 4.78 is 38.0. The van der Waals surface area contributed by atoms with Crippen LogP contribution in [-0.2, 0) is 0 Å². The number of nitrogens with zero attached hydrogens (tertiary/aromatic N) is 1. The molecule has 0 spiro atoms. The first-order valence-corrected chi connectivity index (χ1v) is 7.29. The van der Waals surface area contributed by atoms with E-state index in [1.807, 2.05) is 13.8 Å². The number of hydrogen-bond acceptors (Lipinski definition) is 2. The van der Waals surface area contributed by atoms with Gasteiger partial charge in [-0.15, -0.1) is 0 Å². The van der Waals surface area contributed by atoms with Crippen molar-refractivity contribution in [3.05, 3.63) is 0 Å². The summed E-state index contributed by atoms with van der Waals surface area (Å²) in [5.74, 6) is 0. The SMILES string of the molecule is CC(C)N(CC(F)(F)F)CC1(CN)CCCCCC1. The Morgan fingerprint density at radius 2 is 1.63 bits per heavy atom. The van der Waals surface area contributed by atoms with E-state index in [1.54, 1.807) is 0 Å². The zero-order valence-corrected chi connectivity index (χ0v) is 12.1. The van der Waals surface area contributed by atoms with Crippen LogP contribution in [0.25, 0.3) is 0 Å². The van der Waals surface area contributed by atoms with Crippen LogP contribution in [0.1, 0.15) is 52.4 Å². The van der Waals surface area contributed by atoms with Gasteiger partial charge in [0.2, 0.25) is 0 Å². The molecule has 2 nitrogen and oxygen atoms in total. The minimum atomic E-state index is -4.13. The van der Waals surface area contributed by atoms with Crippen LogP contribution in [0.5, 0.6) is 0 Å². The molecule has 0 amide bonds. The molecule has 19 heavy (non-hydrogen) atoms. The lowest BCUT2D eigenvalue weighted by Gasteiger charge is -2.39. The lowest BCUT2D eigenvalue weighted by atomic mass is 9.79. The van der Waals surface area contributed by atoms with Gasteiger partial charge in [0.25, 0.3) is 0 Å². The van der Waals surface area contributed by atoms with E-state index >= 15 is 0 Å². The van der Waals surface area contributed by atoms with Crippen LogP contribution in [-0.4, -0.2) is 36.8 Å². The van der Waals surface area contributed by atoms with Crippen LogP contribution in [0, 0.1) is 5.41 Å². The van der Waals surface area contributed by atoms with Crippen LogP contribution in [0.3, 0.4) is 0 Å². The van der Waals surface area contributed by atoms with Crippen molar-refractivity contribution in [3.63, 3.8) is 0 Å². The smallest absolute Gasteiger partial charge is 0.330 e. The first kappa shape index (κ1) is 16.8.